The Morgan fingerprint density at radius 3 is 2.86 bits per heavy atom. The SMILES string of the molecule is Cc1cccc(NCCn2ccc3cc(C#N)ccc32)c1. The van der Waals surface area contributed by atoms with Crippen LogP contribution in [0.25, 0.3) is 10.9 Å². The van der Waals surface area contributed by atoms with E-state index in [1.807, 2.05) is 18.2 Å². The summed E-state index contributed by atoms with van der Waals surface area (Å²) in [4.78, 5) is 0. The predicted octanol–water partition coefficient (Wildman–Crippen LogP) is 3.93. The van der Waals surface area contributed by atoms with Gasteiger partial charge in [0.2, 0.25) is 0 Å². The van der Waals surface area contributed by atoms with E-state index in [0.717, 1.165) is 24.2 Å². The Kier molecular flexibility index (Phi) is 3.61. The molecule has 1 N–H and O–H groups in total. The van der Waals surface area contributed by atoms with Crippen LogP contribution in [0.2, 0.25) is 0 Å². The normalized spacial score (nSPS) is 10.5. The molecule has 0 spiro atoms. The highest BCUT2D eigenvalue weighted by atomic mass is 15.0. The molecule has 3 nitrogen and oxygen atoms in total. The van der Waals surface area contributed by atoms with Crippen LogP contribution >= 0.6 is 0 Å². The summed E-state index contributed by atoms with van der Waals surface area (Å²) >= 11 is 0. The summed E-state index contributed by atoms with van der Waals surface area (Å²) in [5.74, 6) is 0. The van der Waals surface area contributed by atoms with Gasteiger partial charge in [0.25, 0.3) is 0 Å². The molecule has 0 atom stereocenters. The molecule has 0 saturated carbocycles. The zero-order valence-electron chi connectivity index (χ0n) is 12.0. The molecule has 3 heteroatoms. The third-order valence-corrected chi connectivity index (χ3v) is 3.60. The van der Waals surface area contributed by atoms with Gasteiger partial charge in [0.15, 0.2) is 0 Å². The van der Waals surface area contributed by atoms with E-state index in [2.05, 4.69) is 59.4 Å². The van der Waals surface area contributed by atoms with Gasteiger partial charge in [-0.15, -0.1) is 0 Å². The summed E-state index contributed by atoms with van der Waals surface area (Å²) in [7, 11) is 0. The molecule has 3 aromatic rings. The molecule has 0 fully saturated rings. The minimum atomic E-state index is 0.707. The first-order valence-corrected chi connectivity index (χ1v) is 7.06. The van der Waals surface area contributed by atoms with Crippen molar-refractivity contribution in [3.05, 3.63) is 65.9 Å². The van der Waals surface area contributed by atoms with Gasteiger partial charge < -0.3 is 9.88 Å². The van der Waals surface area contributed by atoms with Crippen molar-refractivity contribution in [3.8, 4) is 6.07 Å². The van der Waals surface area contributed by atoms with Gasteiger partial charge in [-0.2, -0.15) is 5.26 Å². The highest BCUT2D eigenvalue weighted by Crippen LogP contribution is 2.17. The van der Waals surface area contributed by atoms with Crippen molar-refractivity contribution in [2.75, 3.05) is 11.9 Å². The maximum atomic E-state index is 8.93. The zero-order chi connectivity index (χ0) is 14.7. The van der Waals surface area contributed by atoms with Gasteiger partial charge in [0, 0.05) is 35.9 Å². The number of nitrogens with one attached hydrogen (secondary N) is 1. The van der Waals surface area contributed by atoms with Crippen LogP contribution in [0, 0.1) is 18.3 Å². The molecule has 1 aromatic heterocycles. The molecular weight excluding hydrogens is 258 g/mol. The van der Waals surface area contributed by atoms with E-state index in [9.17, 15) is 0 Å². The van der Waals surface area contributed by atoms with E-state index in [0.29, 0.717) is 5.56 Å². The topological polar surface area (TPSA) is 40.8 Å². The smallest absolute Gasteiger partial charge is 0.0991 e. The fraction of sp³-hybridized carbons (Fsp3) is 0.167. The molecule has 0 amide bonds. The molecule has 0 aliphatic heterocycles. The Hall–Kier alpha value is -2.73. The van der Waals surface area contributed by atoms with Crippen molar-refractivity contribution in [2.45, 2.75) is 13.5 Å². The number of aromatic nitrogens is 1. The second-order valence-electron chi connectivity index (χ2n) is 5.19. The molecule has 0 bridgehead atoms. The van der Waals surface area contributed by atoms with Crippen LogP contribution in [0.1, 0.15) is 11.1 Å². The van der Waals surface area contributed by atoms with Gasteiger partial charge in [0.1, 0.15) is 0 Å². The van der Waals surface area contributed by atoms with Crippen LogP contribution in [-0.2, 0) is 6.54 Å². The Labute approximate surface area is 124 Å². The third kappa shape index (κ3) is 2.90. The van der Waals surface area contributed by atoms with Crippen molar-refractivity contribution >= 4 is 16.6 Å². The van der Waals surface area contributed by atoms with Gasteiger partial charge in [0.05, 0.1) is 11.6 Å². The lowest BCUT2D eigenvalue weighted by Crippen LogP contribution is -2.09. The largest absolute Gasteiger partial charge is 0.383 e. The summed E-state index contributed by atoms with van der Waals surface area (Å²) in [6.45, 7) is 3.86. The number of hydrogen-bond donors (Lipinski definition) is 1. The molecule has 0 aliphatic rings. The molecule has 0 saturated heterocycles. The minimum Gasteiger partial charge on any atom is -0.383 e. The van der Waals surface area contributed by atoms with Crippen molar-refractivity contribution in [3.63, 3.8) is 0 Å². The zero-order valence-corrected chi connectivity index (χ0v) is 12.0. The fourth-order valence-corrected chi connectivity index (χ4v) is 2.54. The lowest BCUT2D eigenvalue weighted by molar-refractivity contribution is 0.757. The van der Waals surface area contributed by atoms with Gasteiger partial charge in [-0.3, -0.25) is 0 Å². The van der Waals surface area contributed by atoms with Crippen LogP contribution in [0.15, 0.2) is 54.7 Å². The Morgan fingerprint density at radius 1 is 1.14 bits per heavy atom. The van der Waals surface area contributed by atoms with E-state index >= 15 is 0 Å². The summed E-state index contributed by atoms with van der Waals surface area (Å²) in [5.41, 5.74) is 4.28. The molecule has 0 aliphatic carbocycles. The van der Waals surface area contributed by atoms with Gasteiger partial charge in [-0.25, -0.2) is 0 Å². The molecule has 1 heterocycles. The van der Waals surface area contributed by atoms with E-state index in [1.165, 1.54) is 11.1 Å². The van der Waals surface area contributed by atoms with Gasteiger partial charge >= 0.3 is 0 Å². The number of fused-ring (bicyclic) bond motifs is 1. The van der Waals surface area contributed by atoms with Crippen molar-refractivity contribution in [1.82, 2.24) is 4.57 Å². The second kappa shape index (κ2) is 5.72. The molecule has 0 radical (unpaired) electrons. The number of hydrogen-bond acceptors (Lipinski definition) is 2. The maximum Gasteiger partial charge on any atom is 0.0991 e. The van der Waals surface area contributed by atoms with Crippen LogP contribution in [0.3, 0.4) is 0 Å². The monoisotopic (exact) mass is 275 g/mol. The summed E-state index contributed by atoms with van der Waals surface area (Å²) < 4.78 is 2.21. The summed E-state index contributed by atoms with van der Waals surface area (Å²) in [5, 5.41) is 13.5. The number of anilines is 1. The molecule has 104 valence electrons. The van der Waals surface area contributed by atoms with E-state index < -0.39 is 0 Å². The van der Waals surface area contributed by atoms with E-state index in [-0.39, 0.29) is 0 Å². The standard InChI is InChI=1S/C18H17N3/c1-14-3-2-4-17(11-14)20-8-10-21-9-7-16-12-15(13-19)5-6-18(16)21/h2-7,9,11-12,20H,8,10H2,1H3. The lowest BCUT2D eigenvalue weighted by Gasteiger charge is -2.09. The van der Waals surface area contributed by atoms with Crippen LogP contribution in [0.4, 0.5) is 5.69 Å². The fourth-order valence-electron chi connectivity index (χ4n) is 2.54. The third-order valence-electron chi connectivity index (χ3n) is 3.60. The summed E-state index contributed by atoms with van der Waals surface area (Å²) in [6, 6.07) is 18.4. The van der Waals surface area contributed by atoms with Crippen molar-refractivity contribution < 1.29 is 0 Å². The minimum absolute atomic E-state index is 0.707. The van der Waals surface area contributed by atoms with Crippen molar-refractivity contribution in [1.29, 1.82) is 5.26 Å². The number of nitrogens with zero attached hydrogens (tertiary/aromatic N) is 2. The highest BCUT2D eigenvalue weighted by molar-refractivity contribution is 5.81. The predicted molar refractivity (Wildman–Crippen MR) is 86.3 cm³/mol. The average Bonchev–Trinajstić information content (AvgIpc) is 2.90. The van der Waals surface area contributed by atoms with Gasteiger partial charge in [-0.05, 0) is 48.9 Å². The molecule has 3 rings (SSSR count). The molecule has 21 heavy (non-hydrogen) atoms. The Morgan fingerprint density at radius 2 is 2.05 bits per heavy atom. The number of rotatable bonds is 4. The van der Waals surface area contributed by atoms with Crippen LogP contribution in [0.5, 0.6) is 0 Å². The molecule has 2 aromatic carbocycles. The Balaban J connectivity index is 1.70. The maximum absolute atomic E-state index is 8.93. The lowest BCUT2D eigenvalue weighted by atomic mass is 10.2. The molecular formula is C18H17N3. The van der Waals surface area contributed by atoms with Crippen molar-refractivity contribution in [2.24, 2.45) is 0 Å². The quantitative estimate of drug-likeness (QED) is 0.783. The first-order chi connectivity index (χ1) is 10.3. The first kappa shape index (κ1) is 13.3. The Bertz CT molecular complexity index is 809. The average molecular weight is 275 g/mol. The number of benzene rings is 2. The highest BCUT2D eigenvalue weighted by Gasteiger charge is 2.02. The van der Waals surface area contributed by atoms with Crippen LogP contribution in [-0.4, -0.2) is 11.1 Å². The van der Waals surface area contributed by atoms with Crippen LogP contribution < -0.4 is 5.32 Å². The van der Waals surface area contributed by atoms with E-state index in [1.54, 1.807) is 0 Å². The van der Waals surface area contributed by atoms with E-state index in [4.69, 9.17) is 5.26 Å². The van der Waals surface area contributed by atoms with Gasteiger partial charge in [-0.1, -0.05) is 12.1 Å². The summed E-state index contributed by atoms with van der Waals surface area (Å²) in [6.07, 6.45) is 2.07. The molecule has 0 unspecified atom stereocenters. The number of nitriles is 1. The first-order valence-electron chi connectivity index (χ1n) is 7.06. The second-order valence-corrected chi connectivity index (χ2v) is 5.19. The number of aryl methyl sites for hydroxylation is 1.